The number of esters is 1. The standard InChI is InChI=1S/C26H46O2P/c1-6-10-18-29(19-11-7-2,20-12-8-3)21-17-26(27)28-22-24-13-15-25(16-14-24)23(5)9-4/h13-16,23H,6-12,17-22H2,1-5H3/q+1. The molecule has 0 saturated carbocycles. The van der Waals surface area contributed by atoms with E-state index in [0.29, 0.717) is 18.9 Å². The lowest BCUT2D eigenvalue weighted by Gasteiger charge is -2.27. The molecule has 166 valence electrons. The number of carbonyl (C=O) groups is 1. The number of benzene rings is 1. The van der Waals surface area contributed by atoms with Crippen molar-refractivity contribution in [2.24, 2.45) is 0 Å². The molecule has 0 N–H and O–H groups in total. The Bertz CT molecular complexity index is 531. The van der Waals surface area contributed by atoms with Gasteiger partial charge in [-0.05, 0) is 42.7 Å². The summed E-state index contributed by atoms with van der Waals surface area (Å²) in [7, 11) is -1.02. The molecule has 0 fully saturated rings. The molecule has 0 bridgehead atoms. The van der Waals surface area contributed by atoms with Crippen LogP contribution in [0.1, 0.15) is 103 Å². The fourth-order valence-corrected chi connectivity index (χ4v) is 8.85. The van der Waals surface area contributed by atoms with E-state index in [1.807, 2.05) is 0 Å². The van der Waals surface area contributed by atoms with E-state index in [2.05, 4.69) is 58.9 Å². The van der Waals surface area contributed by atoms with Crippen LogP contribution in [0.15, 0.2) is 24.3 Å². The summed E-state index contributed by atoms with van der Waals surface area (Å²) in [5.41, 5.74) is 2.45. The maximum Gasteiger partial charge on any atom is 0.309 e. The Hall–Kier alpha value is -0.880. The molecule has 0 aliphatic carbocycles. The van der Waals surface area contributed by atoms with Crippen molar-refractivity contribution in [2.45, 2.75) is 98.5 Å². The van der Waals surface area contributed by atoms with E-state index in [0.717, 1.165) is 18.1 Å². The van der Waals surface area contributed by atoms with Crippen molar-refractivity contribution in [3.8, 4) is 0 Å². The number of unbranched alkanes of at least 4 members (excludes halogenated alkanes) is 3. The minimum atomic E-state index is -1.02. The Morgan fingerprint density at radius 2 is 1.38 bits per heavy atom. The molecule has 0 heterocycles. The van der Waals surface area contributed by atoms with Gasteiger partial charge < -0.3 is 4.74 Å². The normalized spacial score (nSPS) is 12.7. The van der Waals surface area contributed by atoms with Crippen molar-refractivity contribution in [2.75, 3.05) is 24.6 Å². The van der Waals surface area contributed by atoms with Crippen molar-refractivity contribution >= 4 is 13.2 Å². The molecular formula is C26H46O2P+. The third-order valence-electron chi connectivity index (χ3n) is 6.31. The van der Waals surface area contributed by atoms with Crippen LogP contribution in [0.3, 0.4) is 0 Å². The minimum Gasteiger partial charge on any atom is -0.461 e. The molecule has 0 saturated heterocycles. The molecule has 2 nitrogen and oxygen atoms in total. The van der Waals surface area contributed by atoms with Gasteiger partial charge in [0, 0.05) is 7.26 Å². The minimum absolute atomic E-state index is 0.00938. The van der Waals surface area contributed by atoms with Crippen LogP contribution in [0.4, 0.5) is 0 Å². The van der Waals surface area contributed by atoms with Gasteiger partial charge >= 0.3 is 5.97 Å². The molecule has 0 aliphatic rings. The first kappa shape index (κ1) is 26.2. The van der Waals surface area contributed by atoms with Crippen LogP contribution in [0, 0.1) is 0 Å². The summed E-state index contributed by atoms with van der Waals surface area (Å²) < 4.78 is 5.64. The summed E-state index contributed by atoms with van der Waals surface area (Å²) in [4.78, 5) is 12.5. The Balaban J connectivity index is 2.59. The number of hydrogen-bond donors (Lipinski definition) is 0. The molecular weight excluding hydrogens is 375 g/mol. The van der Waals surface area contributed by atoms with Gasteiger partial charge in [-0.25, -0.2) is 0 Å². The molecule has 0 radical (unpaired) electrons. The Morgan fingerprint density at radius 3 is 1.83 bits per heavy atom. The van der Waals surface area contributed by atoms with Gasteiger partial charge in [-0.15, -0.1) is 0 Å². The molecule has 0 spiro atoms. The summed E-state index contributed by atoms with van der Waals surface area (Å²) in [5.74, 6) is 0.572. The predicted octanol–water partition coefficient (Wildman–Crippen LogP) is 8.05. The van der Waals surface area contributed by atoms with Gasteiger partial charge in [-0.2, -0.15) is 0 Å². The molecule has 0 aromatic heterocycles. The fraction of sp³-hybridized carbons (Fsp3) is 0.731. The number of hydrogen-bond acceptors (Lipinski definition) is 2. The van der Waals surface area contributed by atoms with Gasteiger partial charge in [0.15, 0.2) is 0 Å². The summed E-state index contributed by atoms with van der Waals surface area (Å²) in [6.45, 7) is 11.7. The van der Waals surface area contributed by atoms with E-state index in [9.17, 15) is 4.79 Å². The molecule has 29 heavy (non-hydrogen) atoms. The van der Waals surface area contributed by atoms with Crippen LogP contribution < -0.4 is 0 Å². The first-order chi connectivity index (χ1) is 14.0. The topological polar surface area (TPSA) is 26.3 Å². The Kier molecular flexibility index (Phi) is 13.5. The Labute approximate surface area is 181 Å². The highest BCUT2D eigenvalue weighted by molar-refractivity contribution is 7.75. The van der Waals surface area contributed by atoms with Gasteiger partial charge in [0.05, 0.1) is 31.1 Å². The van der Waals surface area contributed by atoms with Crippen LogP contribution >= 0.6 is 7.26 Å². The number of ether oxygens (including phenoxy) is 1. The summed E-state index contributed by atoms with van der Waals surface area (Å²) in [6.07, 6.45) is 14.7. The monoisotopic (exact) mass is 421 g/mol. The molecule has 1 atom stereocenters. The van der Waals surface area contributed by atoms with E-state index < -0.39 is 7.26 Å². The fourth-order valence-electron chi connectivity index (χ4n) is 3.89. The third kappa shape index (κ3) is 10.1. The lowest BCUT2D eigenvalue weighted by molar-refractivity contribution is -0.144. The third-order valence-corrected chi connectivity index (χ3v) is 11.3. The van der Waals surface area contributed by atoms with Crippen LogP contribution in [0.25, 0.3) is 0 Å². The second-order valence-corrected chi connectivity index (χ2v) is 13.2. The number of rotatable bonds is 16. The van der Waals surface area contributed by atoms with E-state index >= 15 is 0 Å². The largest absolute Gasteiger partial charge is 0.461 e. The molecule has 0 aliphatic heterocycles. The van der Waals surface area contributed by atoms with Gasteiger partial charge in [0.1, 0.15) is 6.61 Å². The van der Waals surface area contributed by atoms with Crippen molar-refractivity contribution in [3.63, 3.8) is 0 Å². The summed E-state index contributed by atoms with van der Waals surface area (Å²) in [6, 6.07) is 8.56. The average Bonchev–Trinajstić information content (AvgIpc) is 2.76. The summed E-state index contributed by atoms with van der Waals surface area (Å²) >= 11 is 0. The first-order valence-corrected chi connectivity index (χ1v) is 14.6. The highest BCUT2D eigenvalue weighted by atomic mass is 31.2. The summed E-state index contributed by atoms with van der Waals surface area (Å²) in [5, 5.41) is 0. The van der Waals surface area contributed by atoms with Gasteiger partial charge in [-0.1, -0.05) is 78.1 Å². The van der Waals surface area contributed by atoms with Crippen LogP contribution in [0.2, 0.25) is 0 Å². The van der Waals surface area contributed by atoms with Gasteiger partial charge in [0.2, 0.25) is 0 Å². The zero-order valence-corrected chi connectivity index (χ0v) is 20.7. The van der Waals surface area contributed by atoms with Crippen molar-refractivity contribution in [1.82, 2.24) is 0 Å². The first-order valence-electron chi connectivity index (χ1n) is 12.1. The van der Waals surface area contributed by atoms with Gasteiger partial charge in [0.25, 0.3) is 0 Å². The smallest absolute Gasteiger partial charge is 0.309 e. The lowest BCUT2D eigenvalue weighted by Crippen LogP contribution is -2.16. The second-order valence-electron chi connectivity index (χ2n) is 8.76. The molecule has 1 aromatic carbocycles. The van der Waals surface area contributed by atoms with Crippen LogP contribution in [-0.4, -0.2) is 30.6 Å². The van der Waals surface area contributed by atoms with Crippen molar-refractivity contribution < 1.29 is 9.53 Å². The quantitative estimate of drug-likeness (QED) is 0.199. The molecule has 1 unspecified atom stereocenters. The highest BCUT2D eigenvalue weighted by Crippen LogP contribution is 2.61. The maximum absolute atomic E-state index is 12.5. The maximum atomic E-state index is 12.5. The van der Waals surface area contributed by atoms with E-state index in [1.54, 1.807) is 0 Å². The SMILES string of the molecule is CCCC[P+](CCCC)(CCCC)CCC(=O)OCc1ccc(C(C)CC)cc1. The van der Waals surface area contributed by atoms with Crippen LogP contribution in [-0.2, 0) is 16.1 Å². The second kappa shape index (κ2) is 15.0. The van der Waals surface area contributed by atoms with Crippen molar-refractivity contribution in [1.29, 1.82) is 0 Å². The van der Waals surface area contributed by atoms with E-state index in [4.69, 9.17) is 4.74 Å². The predicted molar refractivity (Wildman–Crippen MR) is 131 cm³/mol. The van der Waals surface area contributed by atoms with E-state index in [1.165, 1.54) is 62.6 Å². The molecule has 1 rings (SSSR count). The Morgan fingerprint density at radius 1 is 0.862 bits per heavy atom. The highest BCUT2D eigenvalue weighted by Gasteiger charge is 2.35. The van der Waals surface area contributed by atoms with E-state index in [-0.39, 0.29) is 5.97 Å². The van der Waals surface area contributed by atoms with Gasteiger partial charge in [-0.3, -0.25) is 4.79 Å². The lowest BCUT2D eigenvalue weighted by atomic mass is 9.98. The zero-order valence-electron chi connectivity index (χ0n) is 19.8. The van der Waals surface area contributed by atoms with Crippen LogP contribution in [0.5, 0.6) is 0 Å². The average molecular weight is 422 g/mol. The molecule has 1 aromatic rings. The molecule has 0 amide bonds. The number of carbonyl (C=O) groups excluding carboxylic acids is 1. The zero-order chi connectivity index (χ0) is 21.5. The molecule has 3 heteroatoms. The van der Waals surface area contributed by atoms with Crippen molar-refractivity contribution in [3.05, 3.63) is 35.4 Å².